The van der Waals surface area contributed by atoms with Crippen LogP contribution in [0.1, 0.15) is 31.2 Å². The van der Waals surface area contributed by atoms with Crippen LogP contribution in [0.2, 0.25) is 0 Å². The highest BCUT2D eigenvalue weighted by Crippen LogP contribution is 2.14. The van der Waals surface area contributed by atoms with Crippen molar-refractivity contribution in [2.75, 3.05) is 26.2 Å². The van der Waals surface area contributed by atoms with Crippen molar-refractivity contribution in [2.24, 2.45) is 0 Å². The first kappa shape index (κ1) is 16.0. The zero-order valence-corrected chi connectivity index (χ0v) is 12.5. The van der Waals surface area contributed by atoms with E-state index >= 15 is 0 Å². The van der Waals surface area contributed by atoms with Gasteiger partial charge >= 0.3 is 5.97 Å². The van der Waals surface area contributed by atoms with Crippen molar-refractivity contribution >= 4 is 5.97 Å². The summed E-state index contributed by atoms with van der Waals surface area (Å²) in [7, 11) is 0. The Labute approximate surface area is 126 Å². The zero-order chi connectivity index (χ0) is 14.9. The average Bonchev–Trinajstić information content (AvgIpc) is 2.92. The fourth-order valence-electron chi connectivity index (χ4n) is 2.76. The molecule has 0 spiro atoms. The second-order valence-electron chi connectivity index (χ2n) is 5.67. The quantitative estimate of drug-likeness (QED) is 0.710. The Bertz CT molecular complexity index is 421. The van der Waals surface area contributed by atoms with Gasteiger partial charge in [0.15, 0.2) is 0 Å². The molecule has 1 atom stereocenters. The summed E-state index contributed by atoms with van der Waals surface area (Å²) < 4.78 is 5.92. The molecule has 0 aromatic heterocycles. The van der Waals surface area contributed by atoms with Crippen molar-refractivity contribution in [1.29, 1.82) is 0 Å². The highest BCUT2D eigenvalue weighted by molar-refractivity contribution is 5.66. The summed E-state index contributed by atoms with van der Waals surface area (Å²) in [5, 5.41) is 8.63. The summed E-state index contributed by atoms with van der Waals surface area (Å²) in [6.45, 7) is 3.66. The minimum atomic E-state index is -0.706. The Kier molecular flexibility index (Phi) is 6.70. The molecule has 1 aliphatic heterocycles. The van der Waals surface area contributed by atoms with Crippen molar-refractivity contribution in [3.63, 3.8) is 0 Å². The van der Waals surface area contributed by atoms with Crippen LogP contribution in [0.15, 0.2) is 30.3 Å². The Morgan fingerprint density at radius 2 is 2.10 bits per heavy atom. The van der Waals surface area contributed by atoms with Gasteiger partial charge in [-0.05, 0) is 37.8 Å². The lowest BCUT2D eigenvalue weighted by atomic mass is 10.1. The normalized spacial score (nSPS) is 19.0. The maximum atomic E-state index is 10.5. The van der Waals surface area contributed by atoms with Gasteiger partial charge in [0, 0.05) is 26.1 Å². The lowest BCUT2D eigenvalue weighted by Crippen LogP contribution is -2.25. The SMILES string of the molecule is O=C(O)CCCN1CCC(OCCCc2ccccc2)C1. The van der Waals surface area contributed by atoms with Gasteiger partial charge in [-0.15, -0.1) is 0 Å². The molecular weight excluding hydrogens is 266 g/mol. The van der Waals surface area contributed by atoms with Gasteiger partial charge in [0.2, 0.25) is 0 Å². The molecule has 1 aromatic carbocycles. The molecule has 1 N–H and O–H groups in total. The van der Waals surface area contributed by atoms with Gasteiger partial charge in [0.05, 0.1) is 6.10 Å². The van der Waals surface area contributed by atoms with Crippen molar-refractivity contribution in [2.45, 2.75) is 38.2 Å². The summed E-state index contributed by atoms with van der Waals surface area (Å²) in [5.74, 6) is -0.706. The Morgan fingerprint density at radius 1 is 1.29 bits per heavy atom. The van der Waals surface area contributed by atoms with E-state index in [0.717, 1.165) is 51.9 Å². The van der Waals surface area contributed by atoms with Gasteiger partial charge in [-0.3, -0.25) is 4.79 Å². The smallest absolute Gasteiger partial charge is 0.303 e. The molecular formula is C17H25NO3. The number of carboxylic acid groups (broad SMARTS) is 1. The van der Waals surface area contributed by atoms with Crippen molar-refractivity contribution < 1.29 is 14.6 Å². The van der Waals surface area contributed by atoms with Gasteiger partial charge in [0.1, 0.15) is 0 Å². The van der Waals surface area contributed by atoms with E-state index in [1.807, 2.05) is 6.07 Å². The predicted molar refractivity (Wildman–Crippen MR) is 82.4 cm³/mol. The summed E-state index contributed by atoms with van der Waals surface area (Å²) in [5.41, 5.74) is 1.36. The number of aryl methyl sites for hydroxylation is 1. The maximum absolute atomic E-state index is 10.5. The van der Waals surface area contributed by atoms with E-state index in [9.17, 15) is 4.79 Å². The highest BCUT2D eigenvalue weighted by Gasteiger charge is 2.22. The van der Waals surface area contributed by atoms with E-state index in [0.29, 0.717) is 6.10 Å². The van der Waals surface area contributed by atoms with Crippen LogP contribution in [0, 0.1) is 0 Å². The molecule has 1 unspecified atom stereocenters. The summed E-state index contributed by atoms with van der Waals surface area (Å²) in [6.07, 6.45) is 4.51. The van der Waals surface area contributed by atoms with Gasteiger partial charge < -0.3 is 14.7 Å². The molecule has 0 bridgehead atoms. The molecule has 4 heteroatoms. The van der Waals surface area contributed by atoms with Crippen LogP contribution in [0.25, 0.3) is 0 Å². The third-order valence-corrected chi connectivity index (χ3v) is 3.90. The van der Waals surface area contributed by atoms with Crippen LogP contribution in [-0.2, 0) is 16.0 Å². The lowest BCUT2D eigenvalue weighted by Gasteiger charge is -2.15. The monoisotopic (exact) mass is 291 g/mol. The molecule has 0 aliphatic carbocycles. The standard InChI is InChI=1S/C17H25NO3/c19-17(20)9-4-11-18-12-10-16(14-18)21-13-5-8-15-6-2-1-3-7-15/h1-3,6-7,16H,4-5,8-14H2,(H,19,20). The van der Waals surface area contributed by atoms with Crippen molar-refractivity contribution in [1.82, 2.24) is 4.90 Å². The number of ether oxygens (including phenoxy) is 1. The number of benzene rings is 1. The zero-order valence-electron chi connectivity index (χ0n) is 12.5. The van der Waals surface area contributed by atoms with Crippen LogP contribution in [0.3, 0.4) is 0 Å². The molecule has 0 radical (unpaired) electrons. The van der Waals surface area contributed by atoms with Gasteiger partial charge in [-0.2, -0.15) is 0 Å². The maximum Gasteiger partial charge on any atom is 0.303 e. The average molecular weight is 291 g/mol. The molecule has 1 aromatic rings. The van der Waals surface area contributed by atoms with Gasteiger partial charge in [0.25, 0.3) is 0 Å². The molecule has 1 fully saturated rings. The van der Waals surface area contributed by atoms with Crippen LogP contribution in [-0.4, -0.2) is 48.3 Å². The number of carbonyl (C=O) groups is 1. The predicted octanol–water partition coefficient (Wildman–Crippen LogP) is 2.57. The number of aliphatic carboxylic acids is 1. The van der Waals surface area contributed by atoms with E-state index in [4.69, 9.17) is 9.84 Å². The van der Waals surface area contributed by atoms with Crippen molar-refractivity contribution in [3.05, 3.63) is 35.9 Å². The van der Waals surface area contributed by atoms with Gasteiger partial charge in [-0.1, -0.05) is 30.3 Å². The lowest BCUT2D eigenvalue weighted by molar-refractivity contribution is -0.137. The summed E-state index contributed by atoms with van der Waals surface area (Å²) >= 11 is 0. The number of nitrogens with zero attached hydrogens (tertiary/aromatic N) is 1. The first-order valence-electron chi connectivity index (χ1n) is 7.84. The summed E-state index contributed by atoms with van der Waals surface area (Å²) in [4.78, 5) is 12.8. The number of rotatable bonds is 9. The summed E-state index contributed by atoms with van der Waals surface area (Å²) in [6, 6.07) is 10.5. The van der Waals surface area contributed by atoms with Crippen molar-refractivity contribution in [3.8, 4) is 0 Å². The van der Waals surface area contributed by atoms with Gasteiger partial charge in [-0.25, -0.2) is 0 Å². The van der Waals surface area contributed by atoms with Crippen LogP contribution >= 0.6 is 0 Å². The molecule has 4 nitrogen and oxygen atoms in total. The third-order valence-electron chi connectivity index (χ3n) is 3.90. The van der Waals surface area contributed by atoms with Crippen LogP contribution in [0.5, 0.6) is 0 Å². The molecule has 21 heavy (non-hydrogen) atoms. The van der Waals surface area contributed by atoms with E-state index in [-0.39, 0.29) is 6.42 Å². The van der Waals surface area contributed by atoms with Crippen LogP contribution < -0.4 is 0 Å². The number of hydrogen-bond donors (Lipinski definition) is 1. The topological polar surface area (TPSA) is 49.8 Å². The molecule has 1 heterocycles. The minimum absolute atomic E-state index is 0.263. The molecule has 116 valence electrons. The Balaban J connectivity index is 1.53. The van der Waals surface area contributed by atoms with E-state index in [1.165, 1.54) is 5.56 Å². The fraction of sp³-hybridized carbons (Fsp3) is 0.588. The van der Waals surface area contributed by atoms with E-state index in [2.05, 4.69) is 29.2 Å². The van der Waals surface area contributed by atoms with Crippen LogP contribution in [0.4, 0.5) is 0 Å². The molecule has 0 amide bonds. The largest absolute Gasteiger partial charge is 0.481 e. The van der Waals surface area contributed by atoms with E-state index < -0.39 is 5.97 Å². The first-order valence-corrected chi connectivity index (χ1v) is 7.84. The second-order valence-corrected chi connectivity index (χ2v) is 5.67. The highest BCUT2D eigenvalue weighted by atomic mass is 16.5. The molecule has 1 saturated heterocycles. The third kappa shape index (κ3) is 6.27. The minimum Gasteiger partial charge on any atom is -0.481 e. The first-order chi connectivity index (χ1) is 10.2. The van der Waals surface area contributed by atoms with E-state index in [1.54, 1.807) is 0 Å². The Morgan fingerprint density at radius 3 is 2.86 bits per heavy atom. The fourth-order valence-corrected chi connectivity index (χ4v) is 2.76. The molecule has 2 rings (SSSR count). The number of carboxylic acids is 1. The molecule has 0 saturated carbocycles. The number of likely N-dealkylation sites (tertiary alicyclic amines) is 1. The second kappa shape index (κ2) is 8.80. The number of hydrogen-bond acceptors (Lipinski definition) is 3. The molecule has 1 aliphatic rings. The Hall–Kier alpha value is -1.39.